The molecule has 0 unspecified atom stereocenters. The molecule has 1 heterocycles. The van der Waals surface area contributed by atoms with Crippen LogP contribution in [0.5, 0.6) is 11.5 Å². The summed E-state index contributed by atoms with van der Waals surface area (Å²) in [6, 6.07) is 5.23. The fourth-order valence-electron chi connectivity index (χ4n) is 3.19. The van der Waals surface area contributed by atoms with E-state index in [-0.39, 0.29) is 18.0 Å². The fourth-order valence-corrected chi connectivity index (χ4v) is 3.19. The van der Waals surface area contributed by atoms with Gasteiger partial charge in [-0.1, -0.05) is 0 Å². The molecule has 0 radical (unpaired) electrons. The van der Waals surface area contributed by atoms with Gasteiger partial charge in [-0.15, -0.1) is 0 Å². The van der Waals surface area contributed by atoms with E-state index in [9.17, 15) is 14.4 Å². The molecule has 0 bridgehead atoms. The maximum absolute atomic E-state index is 12.3. The average molecular weight is 375 g/mol. The summed E-state index contributed by atoms with van der Waals surface area (Å²) in [4.78, 5) is 40.9. The molecular weight excluding hydrogens is 350 g/mol. The molecule has 1 aromatic rings. The third-order valence-electron chi connectivity index (χ3n) is 4.95. The summed E-state index contributed by atoms with van der Waals surface area (Å²) < 4.78 is 10.2. The van der Waals surface area contributed by atoms with Crippen LogP contribution in [0.4, 0.5) is 0 Å². The number of benzene rings is 1. The van der Waals surface area contributed by atoms with Gasteiger partial charge in [-0.25, -0.2) is 0 Å². The first kappa shape index (κ1) is 19.2. The highest BCUT2D eigenvalue weighted by Crippen LogP contribution is 2.27. The molecule has 0 aromatic heterocycles. The summed E-state index contributed by atoms with van der Waals surface area (Å²) in [5.74, 6) is -0.908. The molecule has 27 heavy (non-hydrogen) atoms. The molecule has 8 nitrogen and oxygen atoms in total. The number of carbonyl (C=O) groups is 3. The maximum Gasteiger partial charge on any atom is 0.292 e. The zero-order chi connectivity index (χ0) is 19.4. The zero-order valence-electron chi connectivity index (χ0n) is 15.7. The monoisotopic (exact) mass is 375 g/mol. The van der Waals surface area contributed by atoms with Gasteiger partial charge in [0.25, 0.3) is 5.91 Å². The van der Waals surface area contributed by atoms with E-state index in [2.05, 4.69) is 10.2 Å². The molecule has 0 spiro atoms. The van der Waals surface area contributed by atoms with E-state index in [1.165, 1.54) is 39.2 Å². The van der Waals surface area contributed by atoms with E-state index < -0.39 is 11.7 Å². The van der Waals surface area contributed by atoms with Crippen molar-refractivity contribution in [1.82, 2.24) is 15.1 Å². The SMILES string of the molecule is COc1cc(OC)cc(C(=O)C(=O)NCC(=O)N2CCN(C3CC3)CC2)c1. The topological polar surface area (TPSA) is 88.2 Å². The van der Waals surface area contributed by atoms with E-state index in [1.54, 1.807) is 11.0 Å². The lowest BCUT2D eigenvalue weighted by molar-refractivity contribution is -0.133. The van der Waals surface area contributed by atoms with Gasteiger partial charge in [0.2, 0.25) is 11.7 Å². The molecule has 1 N–H and O–H groups in total. The van der Waals surface area contributed by atoms with Crippen molar-refractivity contribution in [3.63, 3.8) is 0 Å². The molecule has 2 aliphatic rings. The smallest absolute Gasteiger partial charge is 0.292 e. The summed E-state index contributed by atoms with van der Waals surface area (Å²) in [6.07, 6.45) is 2.50. The first-order valence-corrected chi connectivity index (χ1v) is 9.09. The molecule has 146 valence electrons. The molecule has 1 aromatic carbocycles. The largest absolute Gasteiger partial charge is 0.497 e. The molecule has 2 amide bonds. The van der Waals surface area contributed by atoms with Crippen LogP contribution in [0, 0.1) is 0 Å². The number of carbonyl (C=O) groups excluding carboxylic acids is 3. The zero-order valence-corrected chi connectivity index (χ0v) is 15.7. The van der Waals surface area contributed by atoms with Crippen molar-refractivity contribution in [3.05, 3.63) is 23.8 Å². The van der Waals surface area contributed by atoms with Crippen LogP contribution in [0.2, 0.25) is 0 Å². The fraction of sp³-hybridized carbons (Fsp3) is 0.526. The van der Waals surface area contributed by atoms with Crippen molar-refractivity contribution in [3.8, 4) is 11.5 Å². The molecule has 8 heteroatoms. The third-order valence-corrected chi connectivity index (χ3v) is 4.95. The minimum absolute atomic E-state index is 0.147. The van der Waals surface area contributed by atoms with Crippen LogP contribution in [0.3, 0.4) is 0 Å². The number of nitrogens with one attached hydrogen (secondary N) is 1. The maximum atomic E-state index is 12.3. The third kappa shape index (κ3) is 4.77. The van der Waals surface area contributed by atoms with Gasteiger partial charge < -0.3 is 19.7 Å². The molecule has 1 aliphatic carbocycles. The van der Waals surface area contributed by atoms with Gasteiger partial charge >= 0.3 is 0 Å². The van der Waals surface area contributed by atoms with Crippen molar-refractivity contribution < 1.29 is 23.9 Å². The van der Waals surface area contributed by atoms with Crippen LogP contribution < -0.4 is 14.8 Å². The van der Waals surface area contributed by atoms with Crippen LogP contribution in [-0.4, -0.2) is 80.4 Å². The summed E-state index contributed by atoms with van der Waals surface area (Å²) in [6.45, 7) is 2.87. The van der Waals surface area contributed by atoms with Crippen molar-refractivity contribution in [2.45, 2.75) is 18.9 Å². The highest BCUT2D eigenvalue weighted by molar-refractivity contribution is 6.43. The number of ether oxygens (including phenoxy) is 2. The Morgan fingerprint density at radius 3 is 2.11 bits per heavy atom. The first-order valence-electron chi connectivity index (χ1n) is 9.09. The van der Waals surface area contributed by atoms with Crippen molar-refractivity contribution in [2.75, 3.05) is 46.9 Å². The van der Waals surface area contributed by atoms with Crippen LogP contribution in [0.15, 0.2) is 18.2 Å². The number of Topliss-reactive ketones (excluding diaryl/α,β-unsaturated/α-hetero) is 1. The predicted octanol–water partition coefficient (Wildman–Crippen LogP) is 0.309. The second-order valence-electron chi connectivity index (χ2n) is 6.76. The lowest BCUT2D eigenvalue weighted by Gasteiger charge is -2.34. The van der Waals surface area contributed by atoms with Crippen molar-refractivity contribution in [2.24, 2.45) is 0 Å². The highest BCUT2D eigenvalue weighted by atomic mass is 16.5. The number of nitrogens with zero attached hydrogens (tertiary/aromatic N) is 2. The Bertz CT molecular complexity index is 702. The lowest BCUT2D eigenvalue weighted by Crippen LogP contribution is -2.52. The molecule has 0 atom stereocenters. The predicted molar refractivity (Wildman–Crippen MR) is 98.1 cm³/mol. The number of amides is 2. The van der Waals surface area contributed by atoms with Gasteiger partial charge in [-0.05, 0) is 25.0 Å². The molecular formula is C19H25N3O5. The number of hydrogen-bond acceptors (Lipinski definition) is 6. The van der Waals surface area contributed by atoms with Gasteiger partial charge in [0.1, 0.15) is 11.5 Å². The summed E-state index contributed by atoms with van der Waals surface area (Å²) in [5.41, 5.74) is 0.147. The van der Waals surface area contributed by atoms with E-state index in [0.29, 0.717) is 30.6 Å². The Balaban J connectivity index is 1.51. The Hall–Kier alpha value is -2.61. The van der Waals surface area contributed by atoms with Gasteiger partial charge in [0.15, 0.2) is 0 Å². The number of ketones is 1. The average Bonchev–Trinajstić information content (AvgIpc) is 3.56. The minimum Gasteiger partial charge on any atom is -0.497 e. The van der Waals surface area contributed by atoms with Crippen molar-refractivity contribution >= 4 is 17.6 Å². The van der Waals surface area contributed by atoms with Gasteiger partial charge in [-0.2, -0.15) is 0 Å². The summed E-state index contributed by atoms with van der Waals surface area (Å²) in [5, 5.41) is 2.42. The number of piperazine rings is 1. The second kappa shape index (κ2) is 8.39. The Kier molecular flexibility index (Phi) is 5.95. The Morgan fingerprint density at radius 1 is 1.00 bits per heavy atom. The van der Waals surface area contributed by atoms with Crippen molar-refractivity contribution in [1.29, 1.82) is 0 Å². The van der Waals surface area contributed by atoms with Crippen LogP contribution in [0.1, 0.15) is 23.2 Å². The van der Waals surface area contributed by atoms with Gasteiger partial charge in [0, 0.05) is 43.9 Å². The van der Waals surface area contributed by atoms with Gasteiger partial charge in [-0.3, -0.25) is 19.3 Å². The van der Waals surface area contributed by atoms with E-state index >= 15 is 0 Å². The number of hydrogen-bond donors (Lipinski definition) is 1. The van der Waals surface area contributed by atoms with E-state index in [1.807, 2.05) is 0 Å². The van der Waals surface area contributed by atoms with Crippen LogP contribution in [0.25, 0.3) is 0 Å². The van der Waals surface area contributed by atoms with E-state index in [0.717, 1.165) is 13.1 Å². The summed E-state index contributed by atoms with van der Waals surface area (Å²) >= 11 is 0. The van der Waals surface area contributed by atoms with E-state index in [4.69, 9.17) is 9.47 Å². The van der Waals surface area contributed by atoms with Crippen LogP contribution >= 0.6 is 0 Å². The standard InChI is InChI=1S/C19H25N3O5/c1-26-15-9-13(10-16(11-15)27-2)18(24)19(25)20-12-17(23)22-7-5-21(6-8-22)14-3-4-14/h9-11,14H,3-8,12H2,1-2H3,(H,20,25). The minimum atomic E-state index is -0.824. The first-order chi connectivity index (χ1) is 13.0. The highest BCUT2D eigenvalue weighted by Gasteiger charge is 2.32. The van der Waals surface area contributed by atoms with Crippen LogP contribution in [-0.2, 0) is 9.59 Å². The molecule has 1 saturated carbocycles. The Labute approximate surface area is 158 Å². The van der Waals surface area contributed by atoms with Gasteiger partial charge in [0.05, 0.1) is 20.8 Å². The second-order valence-corrected chi connectivity index (χ2v) is 6.76. The summed E-state index contributed by atoms with van der Waals surface area (Å²) in [7, 11) is 2.93. The Morgan fingerprint density at radius 2 is 1.59 bits per heavy atom. The normalized spacial score (nSPS) is 17.3. The molecule has 2 fully saturated rings. The molecule has 1 saturated heterocycles. The quantitative estimate of drug-likeness (QED) is 0.545. The molecule has 1 aliphatic heterocycles. The number of rotatable bonds is 7. The molecule has 3 rings (SSSR count). The lowest BCUT2D eigenvalue weighted by atomic mass is 10.1. The number of methoxy groups -OCH3 is 2.